The highest BCUT2D eigenvalue weighted by Crippen LogP contribution is 2.10. The molecule has 0 atom stereocenters. The number of aromatic hydroxyl groups is 1. The molecule has 3 rings (SSSR count). The molecule has 1 aliphatic rings. The number of carbonyl (C=O) groups is 1. The summed E-state index contributed by atoms with van der Waals surface area (Å²) in [5.74, 6) is 0.134. The van der Waals surface area contributed by atoms with Gasteiger partial charge in [-0.3, -0.25) is 9.69 Å². The summed E-state index contributed by atoms with van der Waals surface area (Å²) in [6.45, 7) is 7.58. The molecule has 2 N–H and O–H groups in total. The third kappa shape index (κ3) is 6.18. The number of benzene rings is 2. The summed E-state index contributed by atoms with van der Waals surface area (Å²) in [7, 11) is 0. The van der Waals surface area contributed by atoms with Crippen LogP contribution in [-0.2, 0) is 11.3 Å². The molecule has 0 unspecified atom stereocenters. The molecule has 2 aromatic rings. The van der Waals surface area contributed by atoms with E-state index in [1.54, 1.807) is 24.3 Å². The predicted molar refractivity (Wildman–Crippen MR) is 111 cm³/mol. The third-order valence-corrected chi connectivity index (χ3v) is 5.00. The second-order valence-corrected chi connectivity index (χ2v) is 7.13. The minimum Gasteiger partial charge on any atom is -0.508 e. The average molecular weight is 380 g/mol. The van der Waals surface area contributed by atoms with Crippen molar-refractivity contribution in [2.45, 2.75) is 19.9 Å². The van der Waals surface area contributed by atoms with Crippen molar-refractivity contribution in [2.75, 3.05) is 32.7 Å². The Balaban J connectivity index is 1.36. The van der Waals surface area contributed by atoms with E-state index in [9.17, 15) is 9.90 Å². The highest BCUT2D eigenvalue weighted by molar-refractivity contribution is 5.99. The SMILES string of the molecule is C/C(=N/NC(=O)CCN1CCN(Cc2ccccc2)CC1)c1ccc(O)cc1. The van der Waals surface area contributed by atoms with Gasteiger partial charge in [-0.15, -0.1) is 0 Å². The summed E-state index contributed by atoms with van der Waals surface area (Å²) in [6, 6.07) is 17.3. The molecule has 1 aliphatic heterocycles. The van der Waals surface area contributed by atoms with Crippen LogP contribution in [0.15, 0.2) is 59.7 Å². The van der Waals surface area contributed by atoms with Gasteiger partial charge < -0.3 is 10.0 Å². The lowest BCUT2D eigenvalue weighted by Crippen LogP contribution is -2.46. The van der Waals surface area contributed by atoms with Crippen LogP contribution in [0.2, 0.25) is 0 Å². The first-order valence-corrected chi connectivity index (χ1v) is 9.71. The van der Waals surface area contributed by atoms with E-state index in [4.69, 9.17) is 0 Å². The number of hydrazone groups is 1. The van der Waals surface area contributed by atoms with Gasteiger partial charge in [-0.1, -0.05) is 30.3 Å². The minimum atomic E-state index is -0.0788. The van der Waals surface area contributed by atoms with E-state index in [1.165, 1.54) is 5.56 Å². The van der Waals surface area contributed by atoms with E-state index >= 15 is 0 Å². The number of phenols is 1. The molecule has 0 spiro atoms. The van der Waals surface area contributed by atoms with Crippen molar-refractivity contribution >= 4 is 11.6 Å². The summed E-state index contributed by atoms with van der Waals surface area (Å²) in [5, 5.41) is 13.5. The number of nitrogens with zero attached hydrogens (tertiary/aromatic N) is 3. The molecule has 6 heteroatoms. The van der Waals surface area contributed by atoms with Crippen LogP contribution >= 0.6 is 0 Å². The Hall–Kier alpha value is -2.70. The molecule has 2 aromatic carbocycles. The Bertz CT molecular complexity index is 782. The maximum atomic E-state index is 12.1. The first kappa shape index (κ1) is 20.0. The monoisotopic (exact) mass is 380 g/mol. The number of rotatable bonds is 7. The molecule has 1 saturated heterocycles. The topological polar surface area (TPSA) is 68.2 Å². The van der Waals surface area contributed by atoms with Gasteiger partial charge in [-0.2, -0.15) is 5.10 Å². The van der Waals surface area contributed by atoms with E-state index in [2.05, 4.69) is 44.6 Å². The summed E-state index contributed by atoms with van der Waals surface area (Å²) < 4.78 is 0. The molecule has 0 aromatic heterocycles. The van der Waals surface area contributed by atoms with Crippen LogP contribution in [0.1, 0.15) is 24.5 Å². The van der Waals surface area contributed by atoms with Gasteiger partial charge >= 0.3 is 0 Å². The quantitative estimate of drug-likeness (QED) is 0.572. The van der Waals surface area contributed by atoms with Gasteiger partial charge in [0.2, 0.25) is 5.91 Å². The largest absolute Gasteiger partial charge is 0.508 e. The normalized spacial score (nSPS) is 16.1. The van der Waals surface area contributed by atoms with E-state index < -0.39 is 0 Å². The van der Waals surface area contributed by atoms with E-state index in [-0.39, 0.29) is 11.7 Å². The molecule has 1 amide bonds. The number of hydrogen-bond donors (Lipinski definition) is 2. The Labute approximate surface area is 166 Å². The summed E-state index contributed by atoms with van der Waals surface area (Å²) in [5.41, 5.74) is 5.55. The fraction of sp³-hybridized carbons (Fsp3) is 0.364. The summed E-state index contributed by atoms with van der Waals surface area (Å²) in [6.07, 6.45) is 0.436. The van der Waals surface area contributed by atoms with Crippen molar-refractivity contribution in [1.29, 1.82) is 0 Å². The van der Waals surface area contributed by atoms with E-state index in [0.29, 0.717) is 12.1 Å². The number of hydrogen-bond acceptors (Lipinski definition) is 5. The lowest BCUT2D eigenvalue weighted by atomic mass is 10.1. The van der Waals surface area contributed by atoms with Gasteiger partial charge in [0.15, 0.2) is 0 Å². The zero-order valence-corrected chi connectivity index (χ0v) is 16.3. The molecular weight excluding hydrogens is 352 g/mol. The summed E-state index contributed by atoms with van der Waals surface area (Å²) >= 11 is 0. The summed E-state index contributed by atoms with van der Waals surface area (Å²) in [4.78, 5) is 16.9. The molecule has 0 aliphatic carbocycles. The number of phenolic OH excluding ortho intramolecular Hbond substituents is 1. The van der Waals surface area contributed by atoms with Crippen LogP contribution in [0.25, 0.3) is 0 Å². The number of carbonyl (C=O) groups excluding carboxylic acids is 1. The number of nitrogens with one attached hydrogen (secondary N) is 1. The van der Waals surface area contributed by atoms with Crippen LogP contribution in [0.3, 0.4) is 0 Å². The number of piperazine rings is 1. The van der Waals surface area contributed by atoms with Crippen molar-refractivity contribution in [2.24, 2.45) is 5.10 Å². The zero-order chi connectivity index (χ0) is 19.8. The molecule has 0 radical (unpaired) electrons. The van der Waals surface area contributed by atoms with Crippen LogP contribution in [0, 0.1) is 0 Å². The second kappa shape index (κ2) is 10.0. The Kier molecular flexibility index (Phi) is 7.17. The van der Waals surface area contributed by atoms with Crippen molar-refractivity contribution < 1.29 is 9.90 Å². The Morgan fingerprint density at radius 1 is 1.00 bits per heavy atom. The molecule has 28 heavy (non-hydrogen) atoms. The second-order valence-electron chi connectivity index (χ2n) is 7.13. The maximum Gasteiger partial charge on any atom is 0.241 e. The first-order valence-electron chi connectivity index (χ1n) is 9.71. The lowest BCUT2D eigenvalue weighted by molar-refractivity contribution is -0.121. The van der Waals surface area contributed by atoms with Gasteiger partial charge in [0.05, 0.1) is 5.71 Å². The Morgan fingerprint density at radius 2 is 1.64 bits per heavy atom. The van der Waals surface area contributed by atoms with Crippen molar-refractivity contribution in [1.82, 2.24) is 15.2 Å². The first-order chi connectivity index (χ1) is 13.6. The van der Waals surface area contributed by atoms with Crippen molar-refractivity contribution in [3.8, 4) is 5.75 Å². The van der Waals surface area contributed by atoms with Gasteiger partial charge in [0.1, 0.15) is 5.75 Å². The third-order valence-electron chi connectivity index (χ3n) is 5.00. The lowest BCUT2D eigenvalue weighted by Gasteiger charge is -2.34. The van der Waals surface area contributed by atoms with Gasteiger partial charge in [-0.05, 0) is 42.3 Å². The molecule has 1 heterocycles. The predicted octanol–water partition coefficient (Wildman–Crippen LogP) is 2.44. The van der Waals surface area contributed by atoms with Crippen LogP contribution in [-0.4, -0.2) is 59.2 Å². The van der Waals surface area contributed by atoms with E-state index in [1.807, 2.05) is 13.0 Å². The smallest absolute Gasteiger partial charge is 0.241 e. The zero-order valence-electron chi connectivity index (χ0n) is 16.3. The molecule has 0 bridgehead atoms. The number of amides is 1. The van der Waals surface area contributed by atoms with Gasteiger partial charge in [-0.25, -0.2) is 5.43 Å². The Morgan fingerprint density at radius 3 is 2.32 bits per heavy atom. The fourth-order valence-corrected chi connectivity index (χ4v) is 3.24. The molecule has 0 saturated carbocycles. The van der Waals surface area contributed by atoms with Crippen molar-refractivity contribution in [3.05, 3.63) is 65.7 Å². The minimum absolute atomic E-state index is 0.0788. The highest BCUT2D eigenvalue weighted by Gasteiger charge is 2.17. The van der Waals surface area contributed by atoms with E-state index in [0.717, 1.165) is 44.8 Å². The molecule has 6 nitrogen and oxygen atoms in total. The van der Waals surface area contributed by atoms with Crippen LogP contribution in [0.4, 0.5) is 0 Å². The maximum absolute atomic E-state index is 12.1. The van der Waals surface area contributed by atoms with Gasteiger partial charge in [0, 0.05) is 45.7 Å². The van der Waals surface area contributed by atoms with Crippen LogP contribution < -0.4 is 5.43 Å². The highest BCUT2D eigenvalue weighted by atomic mass is 16.3. The standard InChI is InChI=1S/C22H28N4O2/c1-18(20-7-9-21(27)10-8-20)23-24-22(28)11-12-25-13-15-26(16-14-25)17-19-5-3-2-4-6-19/h2-10,27H,11-17H2,1H3,(H,24,28)/b23-18-. The molecular formula is C22H28N4O2. The average Bonchev–Trinajstić information content (AvgIpc) is 2.73. The molecule has 148 valence electrons. The fourth-order valence-electron chi connectivity index (χ4n) is 3.24. The van der Waals surface area contributed by atoms with Gasteiger partial charge in [0.25, 0.3) is 0 Å². The van der Waals surface area contributed by atoms with Crippen LogP contribution in [0.5, 0.6) is 5.75 Å². The molecule has 1 fully saturated rings. The van der Waals surface area contributed by atoms with Crippen molar-refractivity contribution in [3.63, 3.8) is 0 Å².